The monoisotopic (exact) mass is 378 g/mol. The maximum atomic E-state index is 12.3. The molecule has 2 N–H and O–H groups in total. The number of aromatic nitrogens is 1. The molecule has 5 heteroatoms. The van der Waals surface area contributed by atoms with Gasteiger partial charge in [0.25, 0.3) is 5.56 Å². The van der Waals surface area contributed by atoms with Gasteiger partial charge in [-0.15, -0.1) is 11.3 Å². The third kappa shape index (κ3) is 2.93. The molecule has 138 valence electrons. The summed E-state index contributed by atoms with van der Waals surface area (Å²) in [5.41, 5.74) is 3.60. The number of benzene rings is 2. The van der Waals surface area contributed by atoms with E-state index in [1.165, 1.54) is 16.9 Å². The molecule has 4 aromatic rings. The highest BCUT2D eigenvalue weighted by Gasteiger charge is 2.16. The van der Waals surface area contributed by atoms with E-state index in [0.717, 1.165) is 33.8 Å². The number of phenols is 1. The summed E-state index contributed by atoms with van der Waals surface area (Å²) >= 11 is 1.42. The van der Waals surface area contributed by atoms with E-state index in [1.807, 2.05) is 11.4 Å². The molecule has 0 spiro atoms. The van der Waals surface area contributed by atoms with E-state index < -0.39 is 0 Å². The van der Waals surface area contributed by atoms with Crippen molar-refractivity contribution in [2.75, 3.05) is 14.1 Å². The lowest BCUT2D eigenvalue weighted by Gasteiger charge is -2.23. The number of aromatic amines is 1. The van der Waals surface area contributed by atoms with Crippen LogP contribution in [0.4, 0.5) is 0 Å². The molecule has 0 fully saturated rings. The molecule has 4 nitrogen and oxygen atoms in total. The van der Waals surface area contributed by atoms with Gasteiger partial charge in [0.2, 0.25) is 0 Å². The summed E-state index contributed by atoms with van der Waals surface area (Å²) < 4.78 is 0.685. The topological polar surface area (TPSA) is 56.3 Å². The molecule has 0 radical (unpaired) electrons. The first-order valence-corrected chi connectivity index (χ1v) is 9.91. The average Bonchev–Trinajstić information content (AvgIpc) is 3.14. The molecule has 1 atom stereocenters. The van der Waals surface area contributed by atoms with Gasteiger partial charge in [0.05, 0.1) is 0 Å². The molecule has 0 bridgehead atoms. The van der Waals surface area contributed by atoms with Crippen molar-refractivity contribution >= 4 is 32.3 Å². The molecule has 0 aliphatic rings. The van der Waals surface area contributed by atoms with Crippen LogP contribution in [0.3, 0.4) is 0 Å². The van der Waals surface area contributed by atoms with E-state index >= 15 is 0 Å². The van der Waals surface area contributed by atoms with Crippen molar-refractivity contribution in [3.63, 3.8) is 0 Å². The minimum absolute atomic E-state index is 0.0868. The highest BCUT2D eigenvalue weighted by Crippen LogP contribution is 2.40. The average molecular weight is 378 g/mol. The third-order valence-electron chi connectivity index (χ3n) is 5.17. The second kappa shape index (κ2) is 6.83. The SMILES string of the molecule is CC[C@@H](c1ccc(-c2c(O)ccc3[nH]c(=O)c4sccc4c23)cc1)N(C)C. The van der Waals surface area contributed by atoms with Gasteiger partial charge in [-0.2, -0.15) is 0 Å². The number of rotatable bonds is 4. The molecule has 0 amide bonds. The molecule has 0 aliphatic heterocycles. The molecule has 0 unspecified atom stereocenters. The first kappa shape index (κ1) is 17.8. The van der Waals surface area contributed by atoms with Gasteiger partial charge in [-0.25, -0.2) is 0 Å². The van der Waals surface area contributed by atoms with Gasteiger partial charge >= 0.3 is 0 Å². The minimum Gasteiger partial charge on any atom is -0.507 e. The Balaban J connectivity index is 1.95. The van der Waals surface area contributed by atoms with Gasteiger partial charge in [0.1, 0.15) is 10.4 Å². The Kier molecular flexibility index (Phi) is 4.50. The zero-order chi connectivity index (χ0) is 19.1. The van der Waals surface area contributed by atoms with Crippen LogP contribution in [0.25, 0.3) is 32.1 Å². The van der Waals surface area contributed by atoms with Gasteiger partial charge in [-0.05, 0) is 55.2 Å². The van der Waals surface area contributed by atoms with Crippen LogP contribution in [0.5, 0.6) is 5.75 Å². The summed E-state index contributed by atoms with van der Waals surface area (Å²) in [6.07, 6.45) is 1.03. The van der Waals surface area contributed by atoms with Crippen molar-refractivity contribution in [1.29, 1.82) is 0 Å². The predicted molar refractivity (Wildman–Crippen MR) is 114 cm³/mol. The molecule has 27 heavy (non-hydrogen) atoms. The maximum Gasteiger partial charge on any atom is 0.266 e. The molecule has 0 saturated heterocycles. The molecule has 2 aromatic heterocycles. The van der Waals surface area contributed by atoms with Crippen LogP contribution in [-0.2, 0) is 0 Å². The smallest absolute Gasteiger partial charge is 0.266 e. The summed E-state index contributed by atoms with van der Waals surface area (Å²) in [6.45, 7) is 2.18. The van der Waals surface area contributed by atoms with Crippen LogP contribution in [0.2, 0.25) is 0 Å². The van der Waals surface area contributed by atoms with E-state index in [0.29, 0.717) is 10.7 Å². The van der Waals surface area contributed by atoms with Gasteiger partial charge < -0.3 is 15.0 Å². The lowest BCUT2D eigenvalue weighted by Crippen LogP contribution is -2.18. The zero-order valence-corrected chi connectivity index (χ0v) is 16.4. The lowest BCUT2D eigenvalue weighted by atomic mass is 9.95. The van der Waals surface area contributed by atoms with Crippen molar-refractivity contribution in [1.82, 2.24) is 9.88 Å². The molecule has 0 aliphatic carbocycles. The summed E-state index contributed by atoms with van der Waals surface area (Å²) in [4.78, 5) is 17.5. The van der Waals surface area contributed by atoms with Gasteiger partial charge in [-0.3, -0.25) is 4.79 Å². The molecular weight excluding hydrogens is 356 g/mol. The number of phenolic OH excluding ortho intramolecular Hbond substituents is 1. The number of nitrogens with zero attached hydrogens (tertiary/aromatic N) is 1. The number of aromatic hydroxyl groups is 1. The van der Waals surface area contributed by atoms with Crippen molar-refractivity contribution in [3.8, 4) is 16.9 Å². The Hall–Kier alpha value is -2.63. The first-order valence-electron chi connectivity index (χ1n) is 9.03. The third-order valence-corrected chi connectivity index (χ3v) is 6.08. The molecule has 0 saturated carbocycles. The van der Waals surface area contributed by atoms with Crippen LogP contribution in [-0.4, -0.2) is 29.1 Å². The second-order valence-electron chi connectivity index (χ2n) is 7.01. The molecule has 2 aromatic carbocycles. The van der Waals surface area contributed by atoms with E-state index in [4.69, 9.17) is 0 Å². The summed E-state index contributed by atoms with van der Waals surface area (Å²) in [5.74, 6) is 0.217. The number of hydrogen-bond acceptors (Lipinski definition) is 4. The summed E-state index contributed by atoms with van der Waals surface area (Å²) in [6, 6.07) is 14.1. The van der Waals surface area contributed by atoms with Crippen molar-refractivity contribution in [2.24, 2.45) is 0 Å². The molecule has 2 heterocycles. The molecule has 4 rings (SSSR count). The largest absolute Gasteiger partial charge is 0.507 e. The number of H-pyrrole nitrogens is 1. The highest BCUT2D eigenvalue weighted by molar-refractivity contribution is 7.17. The van der Waals surface area contributed by atoms with Crippen molar-refractivity contribution < 1.29 is 5.11 Å². The Morgan fingerprint density at radius 2 is 1.85 bits per heavy atom. The zero-order valence-electron chi connectivity index (χ0n) is 15.6. The number of thiophene rings is 1. The van der Waals surface area contributed by atoms with Gasteiger partial charge in [0, 0.05) is 27.9 Å². The minimum atomic E-state index is -0.0868. The van der Waals surface area contributed by atoms with E-state index in [-0.39, 0.29) is 11.3 Å². The van der Waals surface area contributed by atoms with Crippen molar-refractivity contribution in [2.45, 2.75) is 19.4 Å². The predicted octanol–water partition coefficient (Wildman–Crippen LogP) is 5.13. The second-order valence-corrected chi connectivity index (χ2v) is 7.93. The number of pyridine rings is 1. The van der Waals surface area contributed by atoms with Crippen LogP contribution in [0.15, 0.2) is 52.6 Å². The highest BCUT2D eigenvalue weighted by atomic mass is 32.1. The number of hydrogen-bond donors (Lipinski definition) is 2. The quantitative estimate of drug-likeness (QED) is 0.518. The van der Waals surface area contributed by atoms with E-state index in [2.05, 4.69) is 55.2 Å². The number of nitrogens with one attached hydrogen (secondary N) is 1. The summed E-state index contributed by atoms with van der Waals surface area (Å²) in [5, 5.41) is 14.3. The Morgan fingerprint density at radius 1 is 1.11 bits per heavy atom. The standard InChI is InChI=1S/C22H22N2O2S/c1-4-17(24(2)3)13-5-7-14(8-6-13)19-18(25)10-9-16-20(19)15-11-12-27-21(15)22(26)23-16/h5-12,17,25H,4H2,1-3H3,(H,23,26)/t17-/m0/s1. The van der Waals surface area contributed by atoms with Crippen LogP contribution in [0, 0.1) is 0 Å². The fourth-order valence-corrected chi connectivity index (χ4v) is 4.70. The Bertz CT molecular complexity index is 1170. The normalized spacial score (nSPS) is 12.9. The fourth-order valence-electron chi connectivity index (χ4n) is 3.90. The maximum absolute atomic E-state index is 12.3. The fraction of sp³-hybridized carbons (Fsp3) is 0.227. The number of fused-ring (bicyclic) bond motifs is 3. The Morgan fingerprint density at radius 3 is 2.52 bits per heavy atom. The van der Waals surface area contributed by atoms with E-state index in [9.17, 15) is 9.90 Å². The van der Waals surface area contributed by atoms with Gasteiger partial charge in [-0.1, -0.05) is 31.2 Å². The lowest BCUT2D eigenvalue weighted by molar-refractivity contribution is 0.292. The van der Waals surface area contributed by atoms with Crippen LogP contribution >= 0.6 is 11.3 Å². The van der Waals surface area contributed by atoms with E-state index in [1.54, 1.807) is 12.1 Å². The molecular formula is C22H22N2O2S. The van der Waals surface area contributed by atoms with Crippen LogP contribution in [0.1, 0.15) is 24.9 Å². The summed E-state index contributed by atoms with van der Waals surface area (Å²) in [7, 11) is 4.17. The van der Waals surface area contributed by atoms with Crippen LogP contribution < -0.4 is 5.56 Å². The Labute approximate surface area is 161 Å². The van der Waals surface area contributed by atoms with Gasteiger partial charge in [0.15, 0.2) is 0 Å². The first-order chi connectivity index (χ1) is 13.0. The van der Waals surface area contributed by atoms with Crippen molar-refractivity contribution in [3.05, 3.63) is 63.8 Å².